The minimum absolute atomic E-state index is 0.0128. The van der Waals surface area contributed by atoms with E-state index in [0.717, 1.165) is 11.3 Å². The van der Waals surface area contributed by atoms with Gasteiger partial charge in [0.05, 0.1) is 19.8 Å². The molecule has 2 unspecified atom stereocenters. The molecule has 0 spiro atoms. The van der Waals surface area contributed by atoms with E-state index < -0.39 is 0 Å². The summed E-state index contributed by atoms with van der Waals surface area (Å²) in [5.74, 6) is 0.787. The zero-order valence-electron chi connectivity index (χ0n) is 9.26. The molecule has 0 aromatic heterocycles. The van der Waals surface area contributed by atoms with Crippen molar-refractivity contribution in [3.63, 3.8) is 0 Å². The van der Waals surface area contributed by atoms with Crippen molar-refractivity contribution in [1.82, 2.24) is 0 Å². The molecule has 0 radical (unpaired) electrons. The maximum absolute atomic E-state index is 8.81. The van der Waals surface area contributed by atoms with Gasteiger partial charge in [0.1, 0.15) is 5.75 Å². The summed E-state index contributed by atoms with van der Waals surface area (Å²) in [5.41, 5.74) is 0.944. The summed E-state index contributed by atoms with van der Waals surface area (Å²) in [6.45, 7) is 0.654. The van der Waals surface area contributed by atoms with Crippen LogP contribution in [-0.4, -0.2) is 31.5 Å². The molecule has 88 valence electrons. The third-order valence-corrected chi connectivity index (χ3v) is 2.57. The van der Waals surface area contributed by atoms with E-state index in [1.54, 1.807) is 7.11 Å². The summed E-state index contributed by atoms with van der Waals surface area (Å²) in [6.07, 6.45) is 0.258. The first-order valence-electron chi connectivity index (χ1n) is 5.35. The van der Waals surface area contributed by atoms with E-state index in [4.69, 9.17) is 19.3 Å². The Morgan fingerprint density at radius 1 is 1.50 bits per heavy atom. The van der Waals surface area contributed by atoms with Crippen LogP contribution in [0.5, 0.6) is 5.75 Å². The Balaban J connectivity index is 2.02. The number of benzene rings is 1. The normalized spacial score (nSPS) is 24.6. The molecular weight excluding hydrogens is 208 g/mol. The highest BCUT2D eigenvalue weighted by atomic mass is 16.7. The van der Waals surface area contributed by atoms with Gasteiger partial charge in [-0.1, -0.05) is 12.1 Å². The maximum atomic E-state index is 8.81. The first-order valence-corrected chi connectivity index (χ1v) is 5.35. The average Bonchev–Trinajstić information content (AvgIpc) is 2.78. The summed E-state index contributed by atoms with van der Waals surface area (Å²) in [4.78, 5) is 0. The van der Waals surface area contributed by atoms with Gasteiger partial charge in [0, 0.05) is 12.2 Å². The number of hydrogen-bond acceptors (Lipinski definition) is 4. The molecular formula is C12H16O4. The van der Waals surface area contributed by atoms with E-state index in [9.17, 15) is 0 Å². The maximum Gasteiger partial charge on any atom is 0.184 e. The SMILES string of the molecule is COc1cccc(C2OCC(CCO)O2)c1. The fourth-order valence-corrected chi connectivity index (χ4v) is 1.71. The molecule has 4 heteroatoms. The van der Waals surface area contributed by atoms with Crippen molar-refractivity contribution in [2.24, 2.45) is 0 Å². The minimum Gasteiger partial charge on any atom is -0.497 e. The standard InChI is InChI=1S/C12H16O4/c1-14-10-4-2-3-9(7-10)12-15-8-11(16-12)5-6-13/h2-4,7,11-13H,5-6,8H2,1H3. The minimum atomic E-state index is -0.341. The van der Waals surface area contributed by atoms with E-state index in [-0.39, 0.29) is 19.0 Å². The van der Waals surface area contributed by atoms with Gasteiger partial charge in [-0.2, -0.15) is 0 Å². The molecule has 1 saturated heterocycles. The Hall–Kier alpha value is -1.10. The summed E-state index contributed by atoms with van der Waals surface area (Å²) >= 11 is 0. The van der Waals surface area contributed by atoms with Gasteiger partial charge >= 0.3 is 0 Å². The zero-order chi connectivity index (χ0) is 11.4. The number of hydrogen-bond donors (Lipinski definition) is 1. The Morgan fingerprint density at radius 2 is 2.38 bits per heavy atom. The van der Waals surface area contributed by atoms with E-state index >= 15 is 0 Å². The van der Waals surface area contributed by atoms with Gasteiger partial charge in [-0.3, -0.25) is 0 Å². The van der Waals surface area contributed by atoms with Crippen LogP contribution in [0.4, 0.5) is 0 Å². The Morgan fingerprint density at radius 3 is 3.12 bits per heavy atom. The van der Waals surface area contributed by atoms with Crippen LogP contribution in [0.3, 0.4) is 0 Å². The molecule has 1 aliphatic heterocycles. The van der Waals surface area contributed by atoms with Gasteiger partial charge in [-0.25, -0.2) is 0 Å². The predicted molar refractivity (Wildman–Crippen MR) is 58.3 cm³/mol. The molecule has 1 aliphatic rings. The van der Waals surface area contributed by atoms with Crippen LogP contribution in [0.15, 0.2) is 24.3 Å². The van der Waals surface area contributed by atoms with Crippen molar-refractivity contribution >= 4 is 0 Å². The predicted octanol–water partition coefficient (Wildman–Crippen LogP) is 1.49. The van der Waals surface area contributed by atoms with Crippen LogP contribution in [0.1, 0.15) is 18.3 Å². The summed E-state index contributed by atoms with van der Waals surface area (Å²) in [7, 11) is 1.63. The number of ether oxygens (including phenoxy) is 3. The number of aliphatic hydroxyl groups is 1. The summed E-state index contributed by atoms with van der Waals surface area (Å²) in [6, 6.07) is 7.62. The van der Waals surface area contributed by atoms with Crippen LogP contribution < -0.4 is 4.74 Å². The fraction of sp³-hybridized carbons (Fsp3) is 0.500. The van der Waals surface area contributed by atoms with Crippen molar-refractivity contribution in [1.29, 1.82) is 0 Å². The lowest BCUT2D eigenvalue weighted by Gasteiger charge is -2.12. The molecule has 0 bridgehead atoms. The second-order valence-corrected chi connectivity index (χ2v) is 3.71. The Bertz CT molecular complexity index is 340. The molecule has 16 heavy (non-hydrogen) atoms. The van der Waals surface area contributed by atoms with E-state index in [1.165, 1.54) is 0 Å². The lowest BCUT2D eigenvalue weighted by Crippen LogP contribution is -2.11. The molecule has 0 amide bonds. The lowest BCUT2D eigenvalue weighted by atomic mass is 10.2. The van der Waals surface area contributed by atoms with Crippen molar-refractivity contribution in [2.75, 3.05) is 20.3 Å². The van der Waals surface area contributed by atoms with Gasteiger partial charge in [-0.15, -0.1) is 0 Å². The molecule has 4 nitrogen and oxygen atoms in total. The molecule has 0 saturated carbocycles. The third-order valence-electron chi connectivity index (χ3n) is 2.57. The molecule has 1 heterocycles. The van der Waals surface area contributed by atoms with Gasteiger partial charge < -0.3 is 19.3 Å². The Labute approximate surface area is 94.8 Å². The quantitative estimate of drug-likeness (QED) is 0.841. The van der Waals surface area contributed by atoms with Crippen LogP contribution in [-0.2, 0) is 9.47 Å². The largest absolute Gasteiger partial charge is 0.497 e. The highest BCUT2D eigenvalue weighted by Crippen LogP contribution is 2.29. The molecule has 1 fully saturated rings. The van der Waals surface area contributed by atoms with Gasteiger partial charge in [0.25, 0.3) is 0 Å². The first kappa shape index (κ1) is 11.4. The van der Waals surface area contributed by atoms with Crippen molar-refractivity contribution in [3.05, 3.63) is 29.8 Å². The van der Waals surface area contributed by atoms with Crippen molar-refractivity contribution < 1.29 is 19.3 Å². The van der Waals surface area contributed by atoms with Crippen molar-refractivity contribution in [2.45, 2.75) is 18.8 Å². The first-order chi connectivity index (χ1) is 7.83. The average molecular weight is 224 g/mol. The highest BCUT2D eigenvalue weighted by molar-refractivity contribution is 5.29. The van der Waals surface area contributed by atoms with Crippen LogP contribution >= 0.6 is 0 Å². The zero-order valence-corrected chi connectivity index (χ0v) is 9.26. The van der Waals surface area contributed by atoms with Crippen LogP contribution in [0.25, 0.3) is 0 Å². The van der Waals surface area contributed by atoms with E-state index in [1.807, 2.05) is 24.3 Å². The van der Waals surface area contributed by atoms with E-state index in [0.29, 0.717) is 13.0 Å². The smallest absolute Gasteiger partial charge is 0.184 e. The van der Waals surface area contributed by atoms with Gasteiger partial charge in [-0.05, 0) is 18.6 Å². The molecule has 2 atom stereocenters. The molecule has 1 aromatic rings. The van der Waals surface area contributed by atoms with Gasteiger partial charge in [0.15, 0.2) is 6.29 Å². The van der Waals surface area contributed by atoms with Crippen LogP contribution in [0, 0.1) is 0 Å². The number of rotatable bonds is 4. The highest BCUT2D eigenvalue weighted by Gasteiger charge is 2.26. The monoisotopic (exact) mass is 224 g/mol. The van der Waals surface area contributed by atoms with Crippen LogP contribution in [0.2, 0.25) is 0 Å². The lowest BCUT2D eigenvalue weighted by molar-refractivity contribution is -0.0628. The number of methoxy groups -OCH3 is 1. The topological polar surface area (TPSA) is 47.9 Å². The summed E-state index contributed by atoms with van der Waals surface area (Å²) in [5, 5.41) is 8.81. The second kappa shape index (κ2) is 5.30. The van der Waals surface area contributed by atoms with Crippen molar-refractivity contribution in [3.8, 4) is 5.75 Å². The Kier molecular flexibility index (Phi) is 3.77. The molecule has 0 aliphatic carbocycles. The molecule has 2 rings (SSSR count). The third kappa shape index (κ3) is 2.52. The summed E-state index contributed by atoms with van der Waals surface area (Å²) < 4.78 is 16.3. The number of aliphatic hydroxyl groups excluding tert-OH is 1. The molecule has 1 N–H and O–H groups in total. The second-order valence-electron chi connectivity index (χ2n) is 3.71. The molecule has 1 aromatic carbocycles. The van der Waals surface area contributed by atoms with E-state index in [2.05, 4.69) is 0 Å². The van der Waals surface area contributed by atoms with Gasteiger partial charge in [0.2, 0.25) is 0 Å². The fourth-order valence-electron chi connectivity index (χ4n) is 1.71.